The van der Waals surface area contributed by atoms with Crippen molar-refractivity contribution >= 4 is 35.0 Å². The minimum absolute atomic E-state index is 0.0725. The number of rotatable bonds is 10. The summed E-state index contributed by atoms with van der Waals surface area (Å²) >= 11 is 12.8. The lowest BCUT2D eigenvalue weighted by atomic mass is 10.0. The molecule has 0 bridgehead atoms. The van der Waals surface area contributed by atoms with Crippen LogP contribution in [-0.2, 0) is 22.6 Å². The van der Waals surface area contributed by atoms with E-state index in [4.69, 9.17) is 27.9 Å². The number of carbonyl (C=O) groups is 2. The summed E-state index contributed by atoms with van der Waals surface area (Å²) in [7, 11) is 0. The minimum atomic E-state index is -0.775. The Morgan fingerprint density at radius 1 is 0.941 bits per heavy atom. The number of benzene rings is 3. The number of nitrogens with one attached hydrogen (secondary N) is 1. The summed E-state index contributed by atoms with van der Waals surface area (Å²) in [6.45, 7) is 4.04. The van der Waals surface area contributed by atoms with Crippen LogP contribution in [0.1, 0.15) is 23.6 Å². The van der Waals surface area contributed by atoms with Crippen molar-refractivity contribution in [3.8, 4) is 5.75 Å². The average Bonchev–Trinajstić information content (AvgIpc) is 2.83. The van der Waals surface area contributed by atoms with Crippen molar-refractivity contribution in [2.24, 2.45) is 0 Å². The lowest BCUT2D eigenvalue weighted by Gasteiger charge is -2.32. The van der Waals surface area contributed by atoms with Crippen LogP contribution < -0.4 is 10.1 Å². The largest absolute Gasteiger partial charge is 0.484 e. The average molecular weight is 499 g/mol. The highest BCUT2D eigenvalue weighted by atomic mass is 35.5. The maximum atomic E-state index is 13.5. The van der Waals surface area contributed by atoms with Gasteiger partial charge in [-0.05, 0) is 43.2 Å². The zero-order valence-corrected chi connectivity index (χ0v) is 20.8. The second-order valence-corrected chi connectivity index (χ2v) is 8.69. The van der Waals surface area contributed by atoms with Crippen molar-refractivity contribution in [3.63, 3.8) is 0 Å². The fourth-order valence-electron chi connectivity index (χ4n) is 3.64. The van der Waals surface area contributed by atoms with E-state index in [1.54, 1.807) is 18.2 Å². The van der Waals surface area contributed by atoms with Crippen molar-refractivity contribution in [2.45, 2.75) is 32.9 Å². The molecule has 34 heavy (non-hydrogen) atoms. The van der Waals surface area contributed by atoms with Gasteiger partial charge in [0.05, 0.1) is 0 Å². The molecule has 0 aliphatic rings. The SMILES string of the molecule is CCNC(=O)[C@H](Cc1ccccc1)N(Cc1c(Cl)cccc1Cl)C(=O)COc1ccccc1C. The topological polar surface area (TPSA) is 58.6 Å². The molecule has 0 unspecified atom stereocenters. The van der Waals surface area contributed by atoms with Gasteiger partial charge in [0, 0.05) is 35.1 Å². The fraction of sp³-hybridized carbons (Fsp3) is 0.259. The Labute approximate surface area is 210 Å². The zero-order chi connectivity index (χ0) is 24.5. The molecular formula is C27H28Cl2N2O3. The molecule has 0 saturated heterocycles. The second-order valence-electron chi connectivity index (χ2n) is 7.88. The Kier molecular flexibility index (Phi) is 9.37. The smallest absolute Gasteiger partial charge is 0.261 e. The van der Waals surface area contributed by atoms with Gasteiger partial charge in [-0.15, -0.1) is 0 Å². The fourth-order valence-corrected chi connectivity index (χ4v) is 4.16. The van der Waals surface area contributed by atoms with Gasteiger partial charge in [-0.25, -0.2) is 0 Å². The summed E-state index contributed by atoms with van der Waals surface area (Å²) in [6.07, 6.45) is 0.338. The molecular weight excluding hydrogens is 471 g/mol. The molecule has 0 aliphatic carbocycles. The molecule has 0 spiro atoms. The van der Waals surface area contributed by atoms with Gasteiger partial charge < -0.3 is 15.0 Å². The summed E-state index contributed by atoms with van der Waals surface area (Å²) in [5.41, 5.74) is 2.43. The molecule has 0 aliphatic heterocycles. The number of likely N-dealkylation sites (N-methyl/N-ethyl adjacent to an activating group) is 1. The zero-order valence-electron chi connectivity index (χ0n) is 19.3. The normalized spacial score (nSPS) is 11.5. The summed E-state index contributed by atoms with van der Waals surface area (Å²) in [5, 5.41) is 3.72. The van der Waals surface area contributed by atoms with Crippen LogP contribution in [0.15, 0.2) is 72.8 Å². The van der Waals surface area contributed by atoms with Gasteiger partial charge in [-0.3, -0.25) is 9.59 Å². The number of hydrogen-bond acceptors (Lipinski definition) is 3. The number of nitrogens with zero attached hydrogens (tertiary/aromatic N) is 1. The van der Waals surface area contributed by atoms with Crippen LogP contribution in [-0.4, -0.2) is 35.9 Å². The predicted octanol–water partition coefficient (Wildman–Crippen LogP) is 5.46. The number of halogens is 2. The lowest BCUT2D eigenvalue weighted by Crippen LogP contribution is -2.51. The first-order chi connectivity index (χ1) is 16.4. The first-order valence-electron chi connectivity index (χ1n) is 11.1. The molecule has 1 atom stereocenters. The molecule has 0 saturated carbocycles. The number of carbonyl (C=O) groups excluding carboxylic acids is 2. The maximum absolute atomic E-state index is 13.5. The highest BCUT2D eigenvalue weighted by Gasteiger charge is 2.31. The molecule has 0 heterocycles. The van der Waals surface area contributed by atoms with Crippen molar-refractivity contribution in [1.29, 1.82) is 0 Å². The van der Waals surface area contributed by atoms with E-state index in [1.165, 1.54) is 4.90 Å². The number of hydrogen-bond donors (Lipinski definition) is 1. The molecule has 3 aromatic rings. The maximum Gasteiger partial charge on any atom is 0.261 e. The van der Waals surface area contributed by atoms with Crippen molar-refractivity contribution in [1.82, 2.24) is 10.2 Å². The molecule has 5 nitrogen and oxygen atoms in total. The van der Waals surface area contributed by atoms with Gasteiger partial charge in [0.25, 0.3) is 5.91 Å². The third kappa shape index (κ3) is 6.75. The van der Waals surface area contributed by atoms with Crippen LogP contribution in [0.4, 0.5) is 0 Å². The van der Waals surface area contributed by atoms with E-state index in [1.807, 2.05) is 68.4 Å². The third-order valence-electron chi connectivity index (χ3n) is 5.46. The first kappa shape index (κ1) is 25.6. The molecule has 2 amide bonds. The van der Waals surface area contributed by atoms with Crippen molar-refractivity contribution < 1.29 is 14.3 Å². The standard InChI is InChI=1S/C27H28Cl2N2O3/c1-3-30-27(33)24(16-20-11-5-4-6-12-20)31(17-21-22(28)13-9-14-23(21)29)26(32)18-34-25-15-8-7-10-19(25)2/h4-15,24H,3,16-18H2,1-2H3,(H,30,33)/t24-/m0/s1. The van der Waals surface area contributed by atoms with E-state index in [-0.39, 0.29) is 25.0 Å². The molecule has 3 rings (SSSR count). The van der Waals surface area contributed by atoms with E-state index < -0.39 is 6.04 Å². The molecule has 1 N–H and O–H groups in total. The van der Waals surface area contributed by atoms with E-state index >= 15 is 0 Å². The number of amides is 2. The molecule has 0 radical (unpaired) electrons. The van der Waals surface area contributed by atoms with Gasteiger partial charge in [0.1, 0.15) is 11.8 Å². The molecule has 7 heteroatoms. The van der Waals surface area contributed by atoms with Gasteiger partial charge in [0.2, 0.25) is 5.91 Å². The van der Waals surface area contributed by atoms with E-state index in [0.29, 0.717) is 34.3 Å². The Morgan fingerprint density at radius 3 is 2.24 bits per heavy atom. The monoisotopic (exact) mass is 498 g/mol. The summed E-state index contributed by atoms with van der Waals surface area (Å²) < 4.78 is 5.83. The highest BCUT2D eigenvalue weighted by Crippen LogP contribution is 2.27. The van der Waals surface area contributed by atoms with Crippen LogP contribution in [0, 0.1) is 6.92 Å². The second kappa shape index (κ2) is 12.4. The lowest BCUT2D eigenvalue weighted by molar-refractivity contribution is -0.142. The summed E-state index contributed by atoms with van der Waals surface area (Å²) in [6, 6.07) is 21.5. The highest BCUT2D eigenvalue weighted by molar-refractivity contribution is 6.36. The Bertz CT molecular complexity index is 1100. The summed E-state index contributed by atoms with van der Waals surface area (Å²) in [4.78, 5) is 28.2. The predicted molar refractivity (Wildman–Crippen MR) is 136 cm³/mol. The first-order valence-corrected chi connectivity index (χ1v) is 11.9. The van der Waals surface area contributed by atoms with Crippen LogP contribution in [0.5, 0.6) is 5.75 Å². The van der Waals surface area contributed by atoms with Crippen LogP contribution in [0.25, 0.3) is 0 Å². The van der Waals surface area contributed by atoms with Crippen molar-refractivity contribution in [3.05, 3.63) is 99.5 Å². The summed E-state index contributed by atoms with van der Waals surface area (Å²) in [5.74, 6) is 0.0226. The van der Waals surface area contributed by atoms with Gasteiger partial charge in [-0.1, -0.05) is 77.8 Å². The van der Waals surface area contributed by atoms with Gasteiger partial charge in [-0.2, -0.15) is 0 Å². The third-order valence-corrected chi connectivity index (χ3v) is 6.17. The number of ether oxygens (including phenoxy) is 1. The van der Waals surface area contributed by atoms with E-state index in [0.717, 1.165) is 11.1 Å². The molecule has 0 fully saturated rings. The molecule has 178 valence electrons. The Hall–Kier alpha value is -3.02. The van der Waals surface area contributed by atoms with Crippen molar-refractivity contribution in [2.75, 3.05) is 13.2 Å². The van der Waals surface area contributed by atoms with Crippen LogP contribution in [0.3, 0.4) is 0 Å². The Morgan fingerprint density at radius 2 is 1.59 bits per heavy atom. The molecule has 3 aromatic carbocycles. The minimum Gasteiger partial charge on any atom is -0.484 e. The van der Waals surface area contributed by atoms with Gasteiger partial charge in [0.15, 0.2) is 6.61 Å². The van der Waals surface area contributed by atoms with E-state index in [9.17, 15) is 9.59 Å². The Balaban J connectivity index is 1.95. The quantitative estimate of drug-likeness (QED) is 0.403. The van der Waals surface area contributed by atoms with E-state index in [2.05, 4.69) is 5.32 Å². The molecule has 0 aromatic heterocycles. The van der Waals surface area contributed by atoms with Crippen LogP contribution >= 0.6 is 23.2 Å². The number of aryl methyl sites for hydroxylation is 1. The van der Waals surface area contributed by atoms with Crippen LogP contribution in [0.2, 0.25) is 10.0 Å². The number of para-hydroxylation sites is 1. The van der Waals surface area contributed by atoms with Gasteiger partial charge >= 0.3 is 0 Å².